The van der Waals surface area contributed by atoms with Crippen LogP contribution < -0.4 is 5.32 Å². The number of rotatable bonds is 6. The van der Waals surface area contributed by atoms with Crippen molar-refractivity contribution in [2.45, 2.75) is 4.90 Å². The monoisotopic (exact) mass is 422 g/mol. The van der Waals surface area contributed by atoms with Crippen molar-refractivity contribution in [1.29, 1.82) is 0 Å². The summed E-state index contributed by atoms with van der Waals surface area (Å²) in [6.45, 7) is 0. The number of hydrogen-bond acceptors (Lipinski definition) is 6. The van der Waals surface area contributed by atoms with E-state index in [0.717, 1.165) is 4.90 Å². The lowest BCUT2D eigenvalue weighted by Gasteiger charge is -2.08. The van der Waals surface area contributed by atoms with Crippen LogP contribution in [0.5, 0.6) is 0 Å². The van der Waals surface area contributed by atoms with Gasteiger partial charge in [-0.15, -0.1) is 11.8 Å². The van der Waals surface area contributed by atoms with E-state index in [1.54, 1.807) is 30.5 Å². The highest BCUT2D eigenvalue weighted by Crippen LogP contribution is 2.28. The zero-order valence-corrected chi connectivity index (χ0v) is 16.7. The van der Waals surface area contributed by atoms with Gasteiger partial charge in [0.1, 0.15) is 5.69 Å². The first-order valence-electron chi connectivity index (χ1n) is 8.72. The molecule has 0 saturated heterocycles. The first kappa shape index (κ1) is 19.2. The largest absolute Gasteiger partial charge is 0.333 e. The van der Waals surface area contributed by atoms with E-state index in [1.807, 2.05) is 42.5 Å². The molecule has 8 heteroatoms. The van der Waals surface area contributed by atoms with Crippen molar-refractivity contribution in [1.82, 2.24) is 15.1 Å². The molecule has 0 aliphatic carbocycles. The molecular weight excluding hydrogens is 408 g/mol. The Kier molecular flexibility index (Phi) is 5.88. The van der Waals surface area contributed by atoms with Crippen LogP contribution in [0.2, 0.25) is 5.02 Å². The summed E-state index contributed by atoms with van der Waals surface area (Å²) < 4.78 is 5.40. The van der Waals surface area contributed by atoms with Gasteiger partial charge in [-0.25, -0.2) is 0 Å². The maximum Gasteiger partial charge on any atom is 0.260 e. The number of benzene rings is 2. The summed E-state index contributed by atoms with van der Waals surface area (Å²) in [5.74, 6) is 0.827. The van der Waals surface area contributed by atoms with Gasteiger partial charge in [0.2, 0.25) is 11.7 Å². The van der Waals surface area contributed by atoms with Crippen LogP contribution in [0, 0.1) is 0 Å². The smallest absolute Gasteiger partial charge is 0.260 e. The lowest BCUT2D eigenvalue weighted by molar-refractivity contribution is -0.113. The van der Waals surface area contributed by atoms with Crippen molar-refractivity contribution in [3.05, 3.63) is 77.9 Å². The molecule has 144 valence electrons. The van der Waals surface area contributed by atoms with Crippen LogP contribution in [0.15, 0.2) is 82.3 Å². The molecule has 2 heterocycles. The Hall–Kier alpha value is -3.16. The Morgan fingerprint density at radius 3 is 2.62 bits per heavy atom. The van der Waals surface area contributed by atoms with Gasteiger partial charge in [-0.2, -0.15) is 4.98 Å². The van der Waals surface area contributed by atoms with Crippen LogP contribution in [0.4, 0.5) is 5.69 Å². The number of hydrogen-bond donors (Lipinski definition) is 1. The quantitative estimate of drug-likeness (QED) is 0.431. The number of para-hydroxylation sites is 1. The summed E-state index contributed by atoms with van der Waals surface area (Å²) in [5.41, 5.74) is 1.86. The summed E-state index contributed by atoms with van der Waals surface area (Å²) in [7, 11) is 0. The van der Waals surface area contributed by atoms with Crippen LogP contribution in [0.25, 0.3) is 23.0 Å². The number of thioether (sulfide) groups is 1. The molecule has 0 bridgehead atoms. The third-order valence-electron chi connectivity index (χ3n) is 3.94. The van der Waals surface area contributed by atoms with Crippen LogP contribution in [-0.2, 0) is 4.79 Å². The van der Waals surface area contributed by atoms with Gasteiger partial charge in [-0.05, 0) is 48.5 Å². The highest BCUT2D eigenvalue weighted by molar-refractivity contribution is 8.00. The summed E-state index contributed by atoms with van der Waals surface area (Å²) in [4.78, 5) is 22.0. The molecular formula is C21H15ClN4O2S. The van der Waals surface area contributed by atoms with Crippen molar-refractivity contribution in [3.63, 3.8) is 0 Å². The summed E-state index contributed by atoms with van der Waals surface area (Å²) in [6.07, 6.45) is 1.66. The predicted molar refractivity (Wildman–Crippen MR) is 114 cm³/mol. The topological polar surface area (TPSA) is 80.9 Å². The van der Waals surface area contributed by atoms with Crippen molar-refractivity contribution < 1.29 is 9.32 Å². The molecule has 4 aromatic rings. The molecule has 6 nitrogen and oxygen atoms in total. The second-order valence-corrected chi connectivity index (χ2v) is 7.46. The van der Waals surface area contributed by atoms with Gasteiger partial charge >= 0.3 is 0 Å². The van der Waals surface area contributed by atoms with Gasteiger partial charge in [-0.3, -0.25) is 9.78 Å². The predicted octanol–water partition coefficient (Wildman–Crippen LogP) is 5.18. The molecule has 0 radical (unpaired) electrons. The molecule has 0 atom stereocenters. The Morgan fingerprint density at radius 1 is 1.03 bits per heavy atom. The first-order valence-corrected chi connectivity index (χ1v) is 10.1. The fraction of sp³-hybridized carbons (Fsp3) is 0.0476. The molecule has 2 aromatic heterocycles. The van der Waals surface area contributed by atoms with Gasteiger partial charge in [-0.1, -0.05) is 35.0 Å². The minimum Gasteiger partial charge on any atom is -0.333 e. The van der Waals surface area contributed by atoms with E-state index in [-0.39, 0.29) is 11.7 Å². The molecule has 2 aromatic carbocycles. The van der Waals surface area contributed by atoms with Gasteiger partial charge in [0.15, 0.2) is 0 Å². The third kappa shape index (κ3) is 4.82. The van der Waals surface area contributed by atoms with Crippen molar-refractivity contribution in [2.75, 3.05) is 11.1 Å². The fourth-order valence-electron chi connectivity index (χ4n) is 2.58. The maximum atomic E-state index is 12.4. The normalized spacial score (nSPS) is 10.7. The van der Waals surface area contributed by atoms with E-state index in [9.17, 15) is 4.79 Å². The van der Waals surface area contributed by atoms with Gasteiger partial charge in [0.05, 0.1) is 17.0 Å². The standard InChI is InChI=1S/C21H15ClN4O2S/c22-14-8-10-15(11-9-14)29-13-19(27)24-17-6-2-1-5-16(17)21-25-20(26-28-21)18-7-3-4-12-23-18/h1-12H,13H2,(H,24,27). The van der Waals surface area contributed by atoms with Crippen molar-refractivity contribution in [2.24, 2.45) is 0 Å². The Balaban J connectivity index is 1.48. The maximum absolute atomic E-state index is 12.4. The number of halogens is 1. The molecule has 1 N–H and O–H groups in total. The minimum absolute atomic E-state index is 0.137. The molecule has 0 fully saturated rings. The van der Waals surface area contributed by atoms with Gasteiger partial charge < -0.3 is 9.84 Å². The average Bonchev–Trinajstić information content (AvgIpc) is 3.24. The van der Waals surface area contributed by atoms with Gasteiger partial charge in [0, 0.05) is 16.1 Å². The van der Waals surface area contributed by atoms with E-state index in [0.29, 0.717) is 33.7 Å². The average molecular weight is 423 g/mol. The van der Waals surface area contributed by atoms with E-state index >= 15 is 0 Å². The number of amides is 1. The number of carbonyl (C=O) groups excluding carboxylic acids is 1. The Bertz CT molecular complexity index is 1120. The number of carbonyl (C=O) groups is 1. The lowest BCUT2D eigenvalue weighted by atomic mass is 10.1. The van der Waals surface area contributed by atoms with Crippen LogP contribution >= 0.6 is 23.4 Å². The summed E-state index contributed by atoms with van der Waals surface area (Å²) in [5, 5.41) is 7.56. The van der Waals surface area contributed by atoms with E-state index in [2.05, 4.69) is 20.4 Å². The number of nitrogens with zero attached hydrogens (tertiary/aromatic N) is 3. The van der Waals surface area contributed by atoms with E-state index in [1.165, 1.54) is 11.8 Å². The SMILES string of the molecule is O=C(CSc1ccc(Cl)cc1)Nc1ccccc1-c1nc(-c2ccccn2)no1. The highest BCUT2D eigenvalue weighted by atomic mass is 35.5. The molecule has 4 rings (SSSR count). The molecule has 1 amide bonds. The second kappa shape index (κ2) is 8.89. The summed E-state index contributed by atoms with van der Waals surface area (Å²) in [6, 6.07) is 20.1. The Labute approximate surface area is 176 Å². The minimum atomic E-state index is -0.137. The molecule has 29 heavy (non-hydrogen) atoms. The number of aromatic nitrogens is 3. The number of nitrogens with one attached hydrogen (secondary N) is 1. The van der Waals surface area contributed by atoms with Crippen LogP contribution in [0.3, 0.4) is 0 Å². The molecule has 0 saturated carbocycles. The zero-order valence-electron chi connectivity index (χ0n) is 15.1. The zero-order chi connectivity index (χ0) is 20.1. The van der Waals surface area contributed by atoms with Crippen molar-refractivity contribution in [3.8, 4) is 23.0 Å². The van der Waals surface area contributed by atoms with E-state index < -0.39 is 0 Å². The van der Waals surface area contributed by atoms with Crippen LogP contribution in [-0.4, -0.2) is 26.8 Å². The lowest BCUT2D eigenvalue weighted by Crippen LogP contribution is -2.14. The first-order chi connectivity index (χ1) is 14.2. The summed E-state index contributed by atoms with van der Waals surface area (Å²) >= 11 is 7.31. The van der Waals surface area contributed by atoms with Crippen LogP contribution in [0.1, 0.15) is 0 Å². The third-order valence-corrected chi connectivity index (χ3v) is 5.20. The Morgan fingerprint density at radius 2 is 1.83 bits per heavy atom. The molecule has 0 spiro atoms. The van der Waals surface area contributed by atoms with E-state index in [4.69, 9.17) is 16.1 Å². The number of anilines is 1. The molecule has 0 aliphatic heterocycles. The van der Waals surface area contributed by atoms with Crippen molar-refractivity contribution >= 4 is 35.0 Å². The molecule has 0 aliphatic rings. The fourth-order valence-corrected chi connectivity index (χ4v) is 3.40. The second-order valence-electron chi connectivity index (χ2n) is 5.97. The number of pyridine rings is 1. The highest BCUT2D eigenvalue weighted by Gasteiger charge is 2.16. The van der Waals surface area contributed by atoms with Gasteiger partial charge in [0.25, 0.3) is 5.89 Å². The molecule has 0 unspecified atom stereocenters.